The van der Waals surface area contributed by atoms with Crippen LogP contribution in [0.3, 0.4) is 0 Å². The Bertz CT molecular complexity index is 1340. The smallest absolute Gasteiger partial charge is 0.175 e. The number of hydrogen-bond donors (Lipinski definition) is 2. The van der Waals surface area contributed by atoms with E-state index in [2.05, 4.69) is 64.7 Å². The Labute approximate surface area is 207 Å². The van der Waals surface area contributed by atoms with Gasteiger partial charge in [0.05, 0.1) is 6.61 Å². The largest absolute Gasteiger partial charge is 0.493 e. The van der Waals surface area contributed by atoms with Crippen molar-refractivity contribution in [1.82, 2.24) is 29.8 Å². The molecule has 0 radical (unpaired) electrons. The van der Waals surface area contributed by atoms with Gasteiger partial charge in [-0.3, -0.25) is 0 Å². The number of nitrogens with zero attached hydrogens (tertiary/aromatic N) is 5. The summed E-state index contributed by atoms with van der Waals surface area (Å²) in [5.74, 6) is 1.35. The molecular weight excluding hydrogens is 466 g/mol. The first kappa shape index (κ1) is 23.1. The Morgan fingerprint density at radius 3 is 2.85 bits per heavy atom. The predicted octanol–water partition coefficient (Wildman–Crippen LogP) is 4.70. The second kappa shape index (κ2) is 9.16. The number of rotatable bonds is 7. The van der Waals surface area contributed by atoms with Crippen LogP contribution in [0.2, 0.25) is 0 Å². The van der Waals surface area contributed by atoms with E-state index < -0.39 is 0 Å². The summed E-state index contributed by atoms with van der Waals surface area (Å²) in [6.45, 7) is 11.0. The minimum atomic E-state index is 0.0778. The highest BCUT2D eigenvalue weighted by atomic mass is 32.2. The Morgan fingerprint density at radius 1 is 1.24 bits per heavy atom. The molecule has 0 amide bonds. The summed E-state index contributed by atoms with van der Waals surface area (Å²) < 4.78 is 8.01. The number of ether oxygens (including phenoxy) is 1. The van der Waals surface area contributed by atoms with Gasteiger partial charge in [0.25, 0.3) is 0 Å². The highest BCUT2D eigenvalue weighted by Crippen LogP contribution is 2.43. The number of anilines is 1. The molecule has 34 heavy (non-hydrogen) atoms. The average Bonchev–Trinajstić information content (AvgIpc) is 3.49. The lowest BCUT2D eigenvalue weighted by Gasteiger charge is -2.20. The van der Waals surface area contributed by atoms with Gasteiger partial charge >= 0.3 is 0 Å². The summed E-state index contributed by atoms with van der Waals surface area (Å²) in [5.41, 5.74) is 9.94. The zero-order chi connectivity index (χ0) is 23.9. The number of fused-ring (bicyclic) bond motifs is 2. The van der Waals surface area contributed by atoms with Crippen LogP contribution in [0, 0.1) is 6.92 Å². The number of thiazole rings is 1. The molecule has 0 saturated carbocycles. The molecule has 3 aromatic heterocycles. The van der Waals surface area contributed by atoms with Crippen LogP contribution in [0.25, 0.3) is 21.7 Å². The standard InChI is InChI=1S/C24H29N7OS2/c1-14-12-26-22(33-14)16-11-17-15(6-9-32-17)10-18(16)34-23-30-19-20(25)27-13-28-21(19)31(23)8-5-7-29-24(2,3)4/h10-13,29H,5-9H2,1-4H3,(H2,25,27,28). The van der Waals surface area contributed by atoms with Crippen molar-refractivity contribution in [3.05, 3.63) is 35.1 Å². The van der Waals surface area contributed by atoms with Crippen LogP contribution >= 0.6 is 23.1 Å². The molecule has 1 aliphatic heterocycles. The van der Waals surface area contributed by atoms with E-state index in [9.17, 15) is 0 Å². The Kier molecular flexibility index (Phi) is 6.22. The highest BCUT2D eigenvalue weighted by Gasteiger charge is 2.22. The second-order valence-electron chi connectivity index (χ2n) is 9.44. The lowest BCUT2D eigenvalue weighted by atomic mass is 10.1. The summed E-state index contributed by atoms with van der Waals surface area (Å²) in [6, 6.07) is 4.34. The number of nitrogens with two attached hydrogens (primary N) is 1. The third-order valence-electron chi connectivity index (χ3n) is 5.58. The molecule has 1 aliphatic rings. The molecule has 0 atom stereocenters. The molecular formula is C24H29N7OS2. The van der Waals surface area contributed by atoms with E-state index in [4.69, 9.17) is 15.5 Å². The molecule has 0 unspecified atom stereocenters. The Hall–Kier alpha value is -2.69. The van der Waals surface area contributed by atoms with Gasteiger partial charge in [0.1, 0.15) is 17.1 Å². The maximum atomic E-state index is 6.17. The summed E-state index contributed by atoms with van der Waals surface area (Å²) >= 11 is 3.31. The first-order chi connectivity index (χ1) is 16.3. The lowest BCUT2D eigenvalue weighted by Crippen LogP contribution is -2.36. The molecule has 0 fully saturated rings. The fourth-order valence-corrected chi connectivity index (χ4v) is 5.89. The first-order valence-corrected chi connectivity index (χ1v) is 13.0. The van der Waals surface area contributed by atoms with Crippen LogP contribution in [0.1, 0.15) is 37.6 Å². The molecule has 4 aromatic rings. The van der Waals surface area contributed by atoms with Gasteiger partial charge in [-0.25, -0.2) is 19.9 Å². The van der Waals surface area contributed by atoms with Gasteiger partial charge in [0.2, 0.25) is 0 Å². The van der Waals surface area contributed by atoms with E-state index in [1.165, 1.54) is 16.8 Å². The Morgan fingerprint density at radius 2 is 2.09 bits per heavy atom. The first-order valence-electron chi connectivity index (χ1n) is 11.4. The summed E-state index contributed by atoms with van der Waals surface area (Å²) in [6.07, 6.45) is 5.27. The van der Waals surface area contributed by atoms with Gasteiger partial charge < -0.3 is 20.4 Å². The summed E-state index contributed by atoms with van der Waals surface area (Å²) in [7, 11) is 0. The van der Waals surface area contributed by atoms with E-state index in [1.54, 1.807) is 23.1 Å². The third kappa shape index (κ3) is 4.75. The van der Waals surface area contributed by atoms with Gasteiger partial charge in [-0.1, -0.05) is 11.8 Å². The molecule has 0 aliphatic carbocycles. The zero-order valence-corrected chi connectivity index (χ0v) is 21.5. The van der Waals surface area contributed by atoms with Crippen molar-refractivity contribution in [2.75, 3.05) is 18.9 Å². The van der Waals surface area contributed by atoms with Crippen LogP contribution in [0.4, 0.5) is 5.82 Å². The molecule has 10 heteroatoms. The van der Waals surface area contributed by atoms with Gasteiger partial charge in [-0.05, 0) is 58.4 Å². The maximum absolute atomic E-state index is 6.17. The zero-order valence-electron chi connectivity index (χ0n) is 19.9. The molecule has 8 nitrogen and oxygen atoms in total. The second-order valence-corrected chi connectivity index (χ2v) is 11.7. The SMILES string of the molecule is Cc1cnc(-c2cc3c(cc2Sc2nc4c(N)ncnc4n2CCCNC(C)(C)C)CCO3)s1. The topological polar surface area (TPSA) is 104 Å². The van der Waals surface area contributed by atoms with Crippen molar-refractivity contribution in [2.24, 2.45) is 0 Å². The quantitative estimate of drug-likeness (QED) is 0.356. The van der Waals surface area contributed by atoms with Crippen molar-refractivity contribution in [2.45, 2.75) is 62.7 Å². The molecule has 0 bridgehead atoms. The van der Waals surface area contributed by atoms with E-state index in [1.807, 2.05) is 6.20 Å². The van der Waals surface area contributed by atoms with E-state index in [0.29, 0.717) is 17.9 Å². The number of nitrogens with one attached hydrogen (secondary N) is 1. The normalized spacial score (nSPS) is 13.4. The van der Waals surface area contributed by atoms with Gasteiger partial charge in [-0.15, -0.1) is 11.3 Å². The molecule has 0 saturated heterocycles. The maximum Gasteiger partial charge on any atom is 0.175 e. The van der Waals surface area contributed by atoms with Gasteiger partial charge in [0, 0.05) is 40.0 Å². The van der Waals surface area contributed by atoms with E-state index in [-0.39, 0.29) is 5.54 Å². The van der Waals surface area contributed by atoms with Crippen LogP contribution < -0.4 is 15.8 Å². The lowest BCUT2D eigenvalue weighted by molar-refractivity contribution is 0.357. The highest BCUT2D eigenvalue weighted by molar-refractivity contribution is 7.99. The molecule has 178 valence electrons. The van der Waals surface area contributed by atoms with Gasteiger partial charge in [-0.2, -0.15) is 0 Å². The molecule has 0 spiro atoms. The van der Waals surface area contributed by atoms with Crippen LogP contribution in [-0.2, 0) is 13.0 Å². The number of nitrogen functional groups attached to an aromatic ring is 1. The van der Waals surface area contributed by atoms with Crippen LogP contribution in [0.5, 0.6) is 5.75 Å². The minimum Gasteiger partial charge on any atom is -0.493 e. The van der Waals surface area contributed by atoms with Gasteiger partial charge in [0.15, 0.2) is 22.1 Å². The monoisotopic (exact) mass is 495 g/mol. The van der Waals surface area contributed by atoms with Crippen LogP contribution in [0.15, 0.2) is 34.7 Å². The minimum absolute atomic E-state index is 0.0778. The van der Waals surface area contributed by atoms with E-state index >= 15 is 0 Å². The fraction of sp³-hybridized carbons (Fsp3) is 0.417. The van der Waals surface area contributed by atoms with Crippen molar-refractivity contribution in [3.8, 4) is 16.3 Å². The number of benzene rings is 1. The predicted molar refractivity (Wildman–Crippen MR) is 138 cm³/mol. The number of imidazole rings is 1. The fourth-order valence-electron chi connectivity index (χ4n) is 3.95. The molecule has 4 heterocycles. The Balaban J connectivity index is 1.53. The van der Waals surface area contributed by atoms with Crippen molar-refractivity contribution < 1.29 is 4.74 Å². The van der Waals surface area contributed by atoms with Crippen molar-refractivity contribution in [1.29, 1.82) is 0 Å². The molecule has 1 aromatic carbocycles. The number of aryl methyl sites for hydroxylation is 2. The molecule has 5 rings (SSSR count). The average molecular weight is 496 g/mol. The van der Waals surface area contributed by atoms with E-state index in [0.717, 1.165) is 58.0 Å². The summed E-state index contributed by atoms with van der Waals surface area (Å²) in [5, 5.41) is 5.39. The van der Waals surface area contributed by atoms with Crippen molar-refractivity contribution in [3.63, 3.8) is 0 Å². The van der Waals surface area contributed by atoms with Crippen LogP contribution in [-0.4, -0.2) is 43.2 Å². The number of hydrogen-bond acceptors (Lipinski definition) is 9. The molecule has 3 N–H and O–H groups in total. The summed E-state index contributed by atoms with van der Waals surface area (Å²) in [4.78, 5) is 20.5. The number of aromatic nitrogens is 5. The van der Waals surface area contributed by atoms with Crippen molar-refractivity contribution >= 4 is 40.1 Å². The third-order valence-corrected chi connectivity index (χ3v) is 7.58.